The molecule has 246 valence electrons. The van der Waals surface area contributed by atoms with Crippen molar-refractivity contribution in [3.63, 3.8) is 0 Å². The van der Waals surface area contributed by atoms with E-state index in [2.05, 4.69) is 30.6 Å². The van der Waals surface area contributed by atoms with Crippen LogP contribution in [0.25, 0.3) is 10.9 Å². The van der Waals surface area contributed by atoms with Gasteiger partial charge in [0.25, 0.3) is 11.8 Å². The lowest BCUT2D eigenvalue weighted by molar-refractivity contribution is -0.143. The van der Waals surface area contributed by atoms with Crippen LogP contribution < -0.4 is 20.3 Å². The molecule has 0 saturated carbocycles. The molecule has 2 aliphatic heterocycles. The fraction of sp³-hybridized carbons (Fsp3) is 0.412. The number of ether oxygens (including phenoxy) is 2. The maximum absolute atomic E-state index is 14.8. The van der Waals surface area contributed by atoms with Crippen LogP contribution in [0.2, 0.25) is 0 Å². The number of aromatic nitrogens is 4. The van der Waals surface area contributed by atoms with Crippen LogP contribution in [0.1, 0.15) is 28.9 Å². The van der Waals surface area contributed by atoms with E-state index in [0.717, 1.165) is 5.56 Å². The van der Waals surface area contributed by atoms with Crippen LogP contribution in [-0.2, 0) is 27.3 Å². The number of amides is 3. The van der Waals surface area contributed by atoms with Gasteiger partial charge in [0.1, 0.15) is 11.4 Å². The lowest BCUT2D eigenvalue weighted by Crippen LogP contribution is -2.57. The normalized spacial score (nSPS) is 19.4. The molecule has 2 N–H and O–H groups in total. The topological polar surface area (TPSA) is 144 Å². The third kappa shape index (κ3) is 7.35. The minimum atomic E-state index is -0.993. The number of hydrogen-bond acceptors (Lipinski definition) is 9. The Balaban J connectivity index is 1.35. The van der Waals surface area contributed by atoms with Crippen molar-refractivity contribution in [1.82, 2.24) is 35.3 Å². The Labute approximate surface area is 273 Å². The number of carbonyl (C=O) groups excluding carboxylic acids is 3. The van der Waals surface area contributed by atoms with Crippen LogP contribution in [-0.4, -0.2) is 102 Å². The number of carbonyl (C=O) groups is 3. The molecule has 1 unspecified atom stereocenters. The van der Waals surface area contributed by atoms with Gasteiger partial charge in [0, 0.05) is 70.8 Å². The summed E-state index contributed by atoms with van der Waals surface area (Å²) in [5.41, 5.74) is 0.925. The number of rotatable bonds is 6. The Kier molecular flexibility index (Phi) is 9.91. The molecule has 4 heterocycles. The number of methoxy groups -OCH3 is 1. The molecule has 1 saturated heterocycles. The van der Waals surface area contributed by atoms with Gasteiger partial charge in [0.2, 0.25) is 11.9 Å². The average molecular weight is 641 g/mol. The zero-order valence-electron chi connectivity index (χ0n) is 26.6. The molecule has 0 spiro atoms. The third-order valence-corrected chi connectivity index (χ3v) is 8.76. The van der Waals surface area contributed by atoms with E-state index in [-0.39, 0.29) is 44.0 Å². The van der Waals surface area contributed by atoms with Gasteiger partial charge < -0.3 is 29.9 Å². The van der Waals surface area contributed by atoms with E-state index in [1.54, 1.807) is 36.3 Å². The highest BCUT2D eigenvalue weighted by atomic mass is 16.5. The standard InChI is InChI=1S/C34H40N8O5/c1-46-20-5-11-34(32(45)40-16-18-41(19-17-40)33-36-12-6-13-37-33)22-25-7-4-8-26(21-25)47-23-29(43)35-14-15-42-30(31(44)38-24-34)27-9-2-3-10-28(27)39-42/h2-4,6-10,12-13,21H,5,11,14-20,22-24H2,1H3,(H,35,43)(H,38,44). The van der Waals surface area contributed by atoms with Gasteiger partial charge in [-0.25, -0.2) is 9.97 Å². The lowest BCUT2D eigenvalue weighted by Gasteiger charge is -2.41. The second-order valence-corrected chi connectivity index (χ2v) is 11.9. The van der Waals surface area contributed by atoms with Crippen molar-refractivity contribution in [3.05, 3.63) is 78.2 Å². The summed E-state index contributed by atoms with van der Waals surface area (Å²) < 4.78 is 12.9. The van der Waals surface area contributed by atoms with Gasteiger partial charge >= 0.3 is 0 Å². The summed E-state index contributed by atoms with van der Waals surface area (Å²) >= 11 is 0. The third-order valence-electron chi connectivity index (χ3n) is 8.76. The highest BCUT2D eigenvalue weighted by molar-refractivity contribution is 6.05. The fourth-order valence-electron chi connectivity index (χ4n) is 6.40. The molecule has 0 radical (unpaired) electrons. The number of anilines is 1. The SMILES string of the molecule is COCCCC1(C(=O)N2CCN(c3ncccn3)CC2)CNC(=O)c2c3ccccc3nn2CCNC(=O)COc2cccc(c2)C1. The average Bonchev–Trinajstić information content (AvgIpc) is 3.48. The molecule has 13 nitrogen and oxygen atoms in total. The summed E-state index contributed by atoms with van der Waals surface area (Å²) in [6, 6.07) is 16.7. The predicted octanol–water partition coefficient (Wildman–Crippen LogP) is 2.07. The molecular weight excluding hydrogens is 600 g/mol. The van der Waals surface area contributed by atoms with Gasteiger partial charge in [-0.05, 0) is 49.1 Å². The number of fused-ring (bicyclic) bond motifs is 5. The number of nitrogens with zero attached hydrogens (tertiary/aromatic N) is 6. The van der Waals surface area contributed by atoms with Crippen molar-refractivity contribution in [2.75, 3.05) is 64.5 Å². The summed E-state index contributed by atoms with van der Waals surface area (Å²) in [6.45, 7) is 3.13. The number of piperazine rings is 1. The van der Waals surface area contributed by atoms with Crippen molar-refractivity contribution < 1.29 is 23.9 Å². The molecule has 47 heavy (non-hydrogen) atoms. The Bertz CT molecular complexity index is 1710. The van der Waals surface area contributed by atoms with E-state index in [1.165, 1.54) is 0 Å². The molecule has 3 amide bonds. The van der Waals surface area contributed by atoms with Crippen LogP contribution in [0.5, 0.6) is 5.75 Å². The Morgan fingerprint density at radius 1 is 0.979 bits per heavy atom. The van der Waals surface area contributed by atoms with Crippen molar-refractivity contribution in [3.8, 4) is 5.75 Å². The van der Waals surface area contributed by atoms with E-state index >= 15 is 0 Å². The molecule has 2 aliphatic rings. The first-order valence-electron chi connectivity index (χ1n) is 16.0. The van der Waals surface area contributed by atoms with Crippen LogP contribution in [0.3, 0.4) is 0 Å². The molecule has 6 rings (SSSR count). The monoisotopic (exact) mass is 640 g/mol. The van der Waals surface area contributed by atoms with E-state index < -0.39 is 5.41 Å². The summed E-state index contributed by atoms with van der Waals surface area (Å²) in [6.07, 6.45) is 4.88. The summed E-state index contributed by atoms with van der Waals surface area (Å²) in [7, 11) is 1.64. The Hall–Kier alpha value is -5.04. The van der Waals surface area contributed by atoms with Crippen LogP contribution in [0.4, 0.5) is 5.95 Å². The first kappa shape index (κ1) is 31.9. The van der Waals surface area contributed by atoms with Crippen LogP contribution >= 0.6 is 0 Å². The largest absolute Gasteiger partial charge is 0.484 e. The van der Waals surface area contributed by atoms with Crippen LogP contribution in [0.15, 0.2) is 67.0 Å². The maximum atomic E-state index is 14.8. The second-order valence-electron chi connectivity index (χ2n) is 11.9. The molecular formula is C34H40N8O5. The highest BCUT2D eigenvalue weighted by Crippen LogP contribution is 2.33. The summed E-state index contributed by atoms with van der Waals surface area (Å²) in [5, 5.41) is 11.4. The molecule has 2 aromatic heterocycles. The van der Waals surface area contributed by atoms with E-state index in [1.807, 2.05) is 47.4 Å². The molecule has 1 fully saturated rings. The summed E-state index contributed by atoms with van der Waals surface area (Å²) in [4.78, 5) is 54.2. The second kappa shape index (κ2) is 14.6. The van der Waals surface area contributed by atoms with E-state index in [4.69, 9.17) is 9.47 Å². The number of benzene rings is 2. The predicted molar refractivity (Wildman–Crippen MR) is 175 cm³/mol. The molecule has 13 heteroatoms. The minimum Gasteiger partial charge on any atom is -0.484 e. The quantitative estimate of drug-likeness (QED) is 0.303. The molecule has 2 bridgehead atoms. The maximum Gasteiger partial charge on any atom is 0.270 e. The van der Waals surface area contributed by atoms with E-state index in [9.17, 15) is 14.4 Å². The first-order valence-corrected chi connectivity index (χ1v) is 16.0. The summed E-state index contributed by atoms with van der Waals surface area (Å²) in [5.74, 6) is 0.524. The number of nitrogens with one attached hydrogen (secondary N) is 2. The van der Waals surface area contributed by atoms with Gasteiger partial charge in [-0.3, -0.25) is 19.1 Å². The lowest BCUT2D eigenvalue weighted by atomic mass is 9.75. The van der Waals surface area contributed by atoms with Gasteiger partial charge in [-0.2, -0.15) is 5.10 Å². The van der Waals surface area contributed by atoms with Crippen molar-refractivity contribution in [2.45, 2.75) is 25.8 Å². The van der Waals surface area contributed by atoms with E-state index in [0.29, 0.717) is 80.3 Å². The minimum absolute atomic E-state index is 0.0345. The first-order chi connectivity index (χ1) is 23.0. The van der Waals surface area contributed by atoms with Gasteiger partial charge in [-0.15, -0.1) is 0 Å². The van der Waals surface area contributed by atoms with Gasteiger partial charge in [0.15, 0.2) is 6.61 Å². The Morgan fingerprint density at radius 3 is 2.60 bits per heavy atom. The molecule has 4 aromatic rings. The van der Waals surface area contributed by atoms with Crippen molar-refractivity contribution >= 4 is 34.6 Å². The smallest absolute Gasteiger partial charge is 0.270 e. The van der Waals surface area contributed by atoms with Crippen molar-refractivity contribution in [1.29, 1.82) is 0 Å². The molecule has 2 aromatic carbocycles. The number of hydrogen-bond donors (Lipinski definition) is 2. The zero-order chi connectivity index (χ0) is 32.6. The van der Waals surface area contributed by atoms with Gasteiger partial charge in [0.05, 0.1) is 17.5 Å². The fourth-order valence-corrected chi connectivity index (χ4v) is 6.40. The molecule has 1 atom stereocenters. The van der Waals surface area contributed by atoms with Gasteiger partial charge in [-0.1, -0.05) is 30.3 Å². The Morgan fingerprint density at radius 2 is 1.79 bits per heavy atom. The molecule has 0 aliphatic carbocycles. The highest BCUT2D eigenvalue weighted by Gasteiger charge is 2.42. The van der Waals surface area contributed by atoms with Crippen molar-refractivity contribution in [2.24, 2.45) is 5.41 Å². The van der Waals surface area contributed by atoms with Crippen LogP contribution in [0, 0.1) is 5.41 Å². The zero-order valence-corrected chi connectivity index (χ0v) is 26.6.